The van der Waals surface area contributed by atoms with Gasteiger partial charge in [0, 0.05) is 5.56 Å². The molecule has 1 saturated carbocycles. The van der Waals surface area contributed by atoms with Crippen molar-refractivity contribution < 1.29 is 50.1 Å². The number of hydrogen-bond donors (Lipinski definition) is 8. The fraction of sp³-hybridized carbons (Fsp3) is 0.409. The molecule has 0 radical (unpaired) electrons. The normalized spacial score (nSPS) is 35.3. The lowest BCUT2D eigenvalue weighted by Gasteiger charge is -2.55. The average molecular weight is 476 g/mol. The van der Waals surface area contributed by atoms with Gasteiger partial charge in [-0.15, -0.1) is 0 Å². The Bertz CT molecular complexity index is 1200. The Hall–Kier alpha value is -3.29. The van der Waals surface area contributed by atoms with Gasteiger partial charge in [-0.3, -0.25) is 19.3 Å². The number of ketones is 2. The number of carbonyl (C=O) groups excluding carboxylic acids is 3. The van der Waals surface area contributed by atoms with E-state index in [-0.39, 0.29) is 5.56 Å². The van der Waals surface area contributed by atoms with E-state index in [9.17, 15) is 50.1 Å². The van der Waals surface area contributed by atoms with Crippen LogP contribution < -0.4 is 5.73 Å². The van der Waals surface area contributed by atoms with Gasteiger partial charge in [-0.1, -0.05) is 12.1 Å². The van der Waals surface area contributed by atoms with Crippen LogP contribution in [0.3, 0.4) is 0 Å². The summed E-state index contributed by atoms with van der Waals surface area (Å²) in [7, 11) is 2.72. The molecule has 0 heterocycles. The fourth-order valence-electron chi connectivity index (χ4n) is 5.63. The van der Waals surface area contributed by atoms with Crippen LogP contribution in [0.25, 0.3) is 5.76 Å². The van der Waals surface area contributed by atoms with Gasteiger partial charge in [0.15, 0.2) is 11.4 Å². The Morgan fingerprint density at radius 1 is 1.15 bits per heavy atom. The third kappa shape index (κ3) is 2.62. The monoisotopic (exact) mass is 476 g/mol. The van der Waals surface area contributed by atoms with E-state index in [1.807, 2.05) is 0 Å². The van der Waals surface area contributed by atoms with E-state index >= 15 is 0 Å². The van der Waals surface area contributed by atoms with Gasteiger partial charge in [-0.25, -0.2) is 0 Å². The highest BCUT2D eigenvalue weighted by molar-refractivity contribution is 6.24. The molecule has 0 unspecified atom stereocenters. The molecule has 4 rings (SSSR count). The summed E-state index contributed by atoms with van der Waals surface area (Å²) in [6, 6.07) is 2.13. The van der Waals surface area contributed by atoms with E-state index in [0.29, 0.717) is 0 Å². The lowest BCUT2D eigenvalue weighted by Crippen LogP contribution is -2.72. The van der Waals surface area contributed by atoms with Crippen molar-refractivity contribution in [2.24, 2.45) is 17.6 Å². The number of aliphatic hydroxyl groups is 6. The number of aliphatic hydroxyl groups excluding tert-OH is 4. The van der Waals surface area contributed by atoms with Crippen LogP contribution in [0.5, 0.6) is 5.75 Å². The molecule has 1 amide bonds. The summed E-state index contributed by atoms with van der Waals surface area (Å²) in [6.45, 7) is -1.09. The number of primary amides is 1. The largest absolute Gasteiger partial charge is 0.508 e. The highest BCUT2D eigenvalue weighted by Gasteiger charge is 2.70. The molecule has 3 aliphatic rings. The van der Waals surface area contributed by atoms with Crippen molar-refractivity contribution in [1.82, 2.24) is 4.90 Å². The standard InChI is InChI=1S/C22H24N2O10/c1-24(2)14-13-17(29)12-10(18(30)22(13,34)19(31)11(16(14)28)20(23)32)15(27)9-7(21(12,33)6-25)4-3-5-8(9)26/h3-5,12-14,17,25-27,29,31,33-34H,6H2,1-2H3,(H2,23,32)/t12-,13-,14+,17+,21-,22+/m1/s1. The molecule has 0 aliphatic heterocycles. The number of hydrogen-bond acceptors (Lipinski definition) is 11. The van der Waals surface area contributed by atoms with E-state index < -0.39 is 93.2 Å². The van der Waals surface area contributed by atoms with Crippen LogP contribution in [-0.2, 0) is 20.0 Å². The van der Waals surface area contributed by atoms with Crippen LogP contribution >= 0.6 is 0 Å². The second kappa shape index (κ2) is 7.35. The SMILES string of the molecule is CN(C)[C@@H]1C(=O)C(C(N)=O)=C(O)[C@@]2(O)C(=O)C3=C(O)c4c(O)cccc4[C@](O)(CO)[C@H]3[C@H](O)[C@@H]12. The number of nitrogens with two attached hydrogens (primary N) is 1. The third-order valence-electron chi connectivity index (χ3n) is 7.11. The van der Waals surface area contributed by atoms with Crippen molar-refractivity contribution in [3.05, 3.63) is 46.2 Å². The average Bonchev–Trinajstić information content (AvgIpc) is 2.76. The number of rotatable bonds is 3. The first kappa shape index (κ1) is 23.9. The molecule has 0 aromatic heterocycles. The minimum absolute atomic E-state index is 0.209. The maximum absolute atomic E-state index is 13.7. The summed E-state index contributed by atoms with van der Waals surface area (Å²) in [5.41, 5.74) is -2.82. The lowest BCUT2D eigenvalue weighted by atomic mass is 9.53. The number of aromatic hydroxyl groups is 1. The van der Waals surface area contributed by atoms with Gasteiger partial charge in [0.2, 0.25) is 5.78 Å². The molecule has 1 aromatic carbocycles. The van der Waals surface area contributed by atoms with E-state index in [1.54, 1.807) is 0 Å². The molecule has 6 atom stereocenters. The first-order valence-electron chi connectivity index (χ1n) is 10.2. The summed E-state index contributed by atoms with van der Waals surface area (Å²) in [5, 5.41) is 76.6. The van der Waals surface area contributed by atoms with Crippen LogP contribution in [0.2, 0.25) is 0 Å². The highest BCUT2D eigenvalue weighted by atomic mass is 16.4. The molecule has 0 saturated heterocycles. The van der Waals surface area contributed by atoms with E-state index in [1.165, 1.54) is 31.1 Å². The summed E-state index contributed by atoms with van der Waals surface area (Å²) in [4.78, 5) is 39.9. The highest BCUT2D eigenvalue weighted by Crippen LogP contribution is 2.57. The number of carbonyl (C=O) groups is 3. The molecule has 34 heavy (non-hydrogen) atoms. The van der Waals surface area contributed by atoms with Crippen LogP contribution in [0, 0.1) is 11.8 Å². The Morgan fingerprint density at radius 3 is 2.29 bits per heavy atom. The first-order valence-corrected chi connectivity index (χ1v) is 10.2. The summed E-state index contributed by atoms with van der Waals surface area (Å²) < 4.78 is 0. The Balaban J connectivity index is 2.12. The van der Waals surface area contributed by atoms with Gasteiger partial charge in [0.05, 0.1) is 41.7 Å². The van der Waals surface area contributed by atoms with Crippen molar-refractivity contribution in [3.8, 4) is 5.75 Å². The molecule has 0 bridgehead atoms. The van der Waals surface area contributed by atoms with Gasteiger partial charge >= 0.3 is 0 Å². The number of phenols is 1. The van der Waals surface area contributed by atoms with E-state index in [2.05, 4.69) is 0 Å². The zero-order valence-electron chi connectivity index (χ0n) is 18.1. The van der Waals surface area contributed by atoms with Gasteiger partial charge < -0.3 is 41.5 Å². The second-order valence-electron chi connectivity index (χ2n) is 8.99. The topological polar surface area (TPSA) is 222 Å². The molecule has 1 aromatic rings. The summed E-state index contributed by atoms with van der Waals surface area (Å²) in [5.74, 6) is -10.5. The molecule has 1 fully saturated rings. The molecule has 12 heteroatoms. The third-order valence-corrected chi connectivity index (χ3v) is 7.11. The summed E-state index contributed by atoms with van der Waals surface area (Å²) in [6.07, 6.45) is -2.03. The van der Waals surface area contributed by atoms with E-state index in [0.717, 1.165) is 6.07 Å². The van der Waals surface area contributed by atoms with Crippen LogP contribution in [0.1, 0.15) is 11.1 Å². The zero-order chi connectivity index (χ0) is 25.5. The summed E-state index contributed by atoms with van der Waals surface area (Å²) >= 11 is 0. The number of nitrogens with zero attached hydrogens (tertiary/aromatic N) is 1. The van der Waals surface area contributed by atoms with Gasteiger partial charge in [0.1, 0.15) is 28.4 Å². The molecule has 9 N–H and O–H groups in total. The number of phenolic OH excluding ortho intramolecular Hbond substituents is 1. The Labute approximate surface area is 192 Å². The number of likely N-dealkylation sites (N-methyl/N-ethyl adjacent to an activating group) is 1. The maximum Gasteiger partial charge on any atom is 0.255 e. The minimum Gasteiger partial charge on any atom is -0.508 e. The Kier molecular flexibility index (Phi) is 5.16. The Morgan fingerprint density at radius 2 is 1.76 bits per heavy atom. The number of amides is 1. The van der Waals surface area contributed by atoms with Crippen LogP contribution in [0.15, 0.2) is 35.1 Å². The minimum atomic E-state index is -3.11. The molecular weight excluding hydrogens is 452 g/mol. The van der Waals surface area contributed by atoms with Crippen molar-refractivity contribution in [3.63, 3.8) is 0 Å². The van der Waals surface area contributed by atoms with Crippen molar-refractivity contribution in [2.45, 2.75) is 23.3 Å². The first-order chi connectivity index (χ1) is 15.8. The second-order valence-corrected chi connectivity index (χ2v) is 8.99. The zero-order valence-corrected chi connectivity index (χ0v) is 18.1. The molecule has 0 spiro atoms. The van der Waals surface area contributed by atoms with Crippen LogP contribution in [-0.4, -0.2) is 96.6 Å². The molecular formula is C22H24N2O10. The predicted molar refractivity (Wildman–Crippen MR) is 113 cm³/mol. The molecule has 182 valence electrons. The van der Waals surface area contributed by atoms with Gasteiger partial charge in [-0.2, -0.15) is 0 Å². The van der Waals surface area contributed by atoms with Crippen molar-refractivity contribution in [1.29, 1.82) is 0 Å². The van der Waals surface area contributed by atoms with Gasteiger partial charge in [-0.05, 0) is 20.2 Å². The van der Waals surface area contributed by atoms with Crippen molar-refractivity contribution in [2.75, 3.05) is 20.7 Å². The molecule has 12 nitrogen and oxygen atoms in total. The maximum atomic E-state index is 13.7. The lowest BCUT2D eigenvalue weighted by molar-refractivity contribution is -0.187. The fourth-order valence-corrected chi connectivity index (χ4v) is 5.63. The van der Waals surface area contributed by atoms with E-state index in [4.69, 9.17) is 5.73 Å². The van der Waals surface area contributed by atoms with Crippen LogP contribution in [0.4, 0.5) is 0 Å². The molecule has 3 aliphatic carbocycles. The number of fused-ring (bicyclic) bond motifs is 3. The van der Waals surface area contributed by atoms with Gasteiger partial charge in [0.25, 0.3) is 5.91 Å². The number of benzene rings is 1. The smallest absolute Gasteiger partial charge is 0.255 e. The number of Topliss-reactive ketones (excluding diaryl/α,β-unsaturated/α-hetero) is 2. The van der Waals surface area contributed by atoms with Crippen molar-refractivity contribution >= 4 is 23.2 Å². The predicted octanol–water partition coefficient (Wildman–Crippen LogP) is -2.43. The quantitative estimate of drug-likeness (QED) is 0.214.